The molecule has 1 N–H and O–H groups in total. The van der Waals surface area contributed by atoms with E-state index in [2.05, 4.69) is 0 Å². The van der Waals surface area contributed by atoms with Gasteiger partial charge in [-0.3, -0.25) is 0 Å². The second-order valence-corrected chi connectivity index (χ2v) is 3.79. The lowest BCUT2D eigenvalue weighted by Crippen LogP contribution is -2.05. The molecule has 2 rings (SSSR count). The molecule has 1 aromatic carbocycles. The highest BCUT2D eigenvalue weighted by molar-refractivity contribution is 6.30. The molecule has 14 heavy (non-hydrogen) atoms. The number of ether oxygens (including phenoxy) is 2. The van der Waals surface area contributed by atoms with Gasteiger partial charge in [0.15, 0.2) is 11.5 Å². The molecule has 0 saturated carbocycles. The van der Waals surface area contributed by atoms with Crippen LogP contribution in [-0.4, -0.2) is 18.0 Å². The fraction of sp³-hybridized carbons (Fsp3) is 0.400. The van der Waals surface area contributed by atoms with Gasteiger partial charge >= 0.3 is 0 Å². The number of hydrogen-bond donors (Lipinski definition) is 1. The van der Waals surface area contributed by atoms with E-state index in [-0.39, 0.29) is 6.79 Å². The van der Waals surface area contributed by atoms with E-state index in [1.165, 1.54) is 0 Å². The maximum atomic E-state index is 9.29. The van der Waals surface area contributed by atoms with Crippen molar-refractivity contribution < 1.29 is 14.6 Å². The smallest absolute Gasteiger partial charge is 0.231 e. The summed E-state index contributed by atoms with van der Waals surface area (Å²) in [5, 5.41) is 9.89. The maximum Gasteiger partial charge on any atom is 0.231 e. The molecule has 0 bridgehead atoms. The van der Waals surface area contributed by atoms with Crippen molar-refractivity contribution in [1.29, 1.82) is 0 Å². The van der Waals surface area contributed by atoms with Gasteiger partial charge in [0.1, 0.15) is 0 Å². The van der Waals surface area contributed by atoms with Crippen LogP contribution in [0.15, 0.2) is 12.1 Å². The van der Waals surface area contributed by atoms with Gasteiger partial charge in [0.2, 0.25) is 6.79 Å². The van der Waals surface area contributed by atoms with E-state index in [4.69, 9.17) is 21.1 Å². The molecular weight excluding hydrogens is 204 g/mol. The largest absolute Gasteiger partial charge is 0.454 e. The van der Waals surface area contributed by atoms with Crippen LogP contribution < -0.4 is 9.47 Å². The van der Waals surface area contributed by atoms with Gasteiger partial charge in [-0.15, -0.1) is 0 Å². The number of fused-ring (bicyclic) bond motifs is 1. The number of aliphatic hydroxyl groups excluding tert-OH is 1. The highest BCUT2D eigenvalue weighted by atomic mass is 35.5. The minimum Gasteiger partial charge on any atom is -0.454 e. The molecule has 0 saturated heterocycles. The van der Waals surface area contributed by atoms with E-state index in [0.29, 0.717) is 22.9 Å². The first-order valence-electron chi connectivity index (χ1n) is 4.43. The van der Waals surface area contributed by atoms with Crippen molar-refractivity contribution in [2.24, 2.45) is 0 Å². The molecule has 76 valence electrons. The SMILES string of the molecule is CC(O)Cc1cc(Cl)cc2c1OCO2. The van der Waals surface area contributed by atoms with E-state index >= 15 is 0 Å². The van der Waals surface area contributed by atoms with Gasteiger partial charge in [-0.1, -0.05) is 11.6 Å². The van der Waals surface area contributed by atoms with Gasteiger partial charge in [0.25, 0.3) is 0 Å². The van der Waals surface area contributed by atoms with Gasteiger partial charge in [0, 0.05) is 23.1 Å². The van der Waals surface area contributed by atoms with Crippen LogP contribution in [0.4, 0.5) is 0 Å². The lowest BCUT2D eigenvalue weighted by molar-refractivity contribution is 0.170. The van der Waals surface area contributed by atoms with E-state index < -0.39 is 6.10 Å². The molecule has 0 aliphatic carbocycles. The molecule has 3 nitrogen and oxygen atoms in total. The second kappa shape index (κ2) is 3.67. The zero-order chi connectivity index (χ0) is 10.1. The summed E-state index contributed by atoms with van der Waals surface area (Å²) in [7, 11) is 0. The normalized spacial score (nSPS) is 15.6. The molecule has 1 aliphatic rings. The maximum absolute atomic E-state index is 9.29. The molecule has 1 unspecified atom stereocenters. The highest BCUT2D eigenvalue weighted by Crippen LogP contribution is 2.38. The Labute approximate surface area is 87.2 Å². The van der Waals surface area contributed by atoms with Crippen LogP contribution in [0.2, 0.25) is 5.02 Å². The number of benzene rings is 1. The van der Waals surface area contributed by atoms with Crippen molar-refractivity contribution in [3.8, 4) is 11.5 Å². The number of halogens is 1. The van der Waals surface area contributed by atoms with E-state index in [0.717, 1.165) is 5.56 Å². The van der Waals surface area contributed by atoms with Gasteiger partial charge in [-0.25, -0.2) is 0 Å². The molecular formula is C10H11ClO3. The average molecular weight is 215 g/mol. The van der Waals surface area contributed by atoms with E-state index in [1.807, 2.05) is 0 Å². The van der Waals surface area contributed by atoms with Crippen LogP contribution in [0.1, 0.15) is 12.5 Å². The Morgan fingerprint density at radius 1 is 1.50 bits per heavy atom. The molecule has 4 heteroatoms. The number of rotatable bonds is 2. The Morgan fingerprint density at radius 2 is 2.29 bits per heavy atom. The van der Waals surface area contributed by atoms with Crippen molar-refractivity contribution in [3.63, 3.8) is 0 Å². The lowest BCUT2D eigenvalue weighted by Gasteiger charge is -2.08. The molecule has 1 aliphatic heterocycles. The topological polar surface area (TPSA) is 38.7 Å². The van der Waals surface area contributed by atoms with Crippen LogP contribution in [0.25, 0.3) is 0 Å². The third kappa shape index (κ3) is 1.79. The molecule has 0 radical (unpaired) electrons. The van der Waals surface area contributed by atoms with Crippen molar-refractivity contribution in [1.82, 2.24) is 0 Å². The van der Waals surface area contributed by atoms with Crippen molar-refractivity contribution in [3.05, 3.63) is 22.7 Å². The Bertz CT molecular complexity index is 349. The Balaban J connectivity index is 2.38. The second-order valence-electron chi connectivity index (χ2n) is 3.35. The van der Waals surface area contributed by atoms with Crippen LogP contribution in [0.3, 0.4) is 0 Å². The summed E-state index contributed by atoms with van der Waals surface area (Å²) in [6.45, 7) is 1.95. The summed E-state index contributed by atoms with van der Waals surface area (Å²) in [5.74, 6) is 1.36. The molecule has 1 aromatic rings. The highest BCUT2D eigenvalue weighted by Gasteiger charge is 2.19. The summed E-state index contributed by atoms with van der Waals surface area (Å²) in [6.07, 6.45) is 0.105. The van der Waals surface area contributed by atoms with Crippen LogP contribution in [0, 0.1) is 0 Å². The third-order valence-corrected chi connectivity index (χ3v) is 2.25. The standard InChI is InChI=1S/C10H11ClO3/c1-6(12)2-7-3-8(11)4-9-10(7)14-5-13-9/h3-4,6,12H,2,5H2,1H3. The molecule has 0 amide bonds. The van der Waals surface area contributed by atoms with Crippen LogP contribution in [0.5, 0.6) is 11.5 Å². The summed E-state index contributed by atoms with van der Waals surface area (Å²) in [5.41, 5.74) is 0.889. The number of hydrogen-bond acceptors (Lipinski definition) is 3. The molecule has 1 atom stereocenters. The Hall–Kier alpha value is -0.930. The Kier molecular flexibility index (Phi) is 2.52. The van der Waals surface area contributed by atoms with Gasteiger partial charge in [-0.05, 0) is 13.0 Å². The first kappa shape index (κ1) is 9.62. The molecule has 0 aromatic heterocycles. The summed E-state index contributed by atoms with van der Waals surface area (Å²) in [6, 6.07) is 3.51. The fourth-order valence-electron chi connectivity index (χ4n) is 1.52. The third-order valence-electron chi connectivity index (χ3n) is 2.03. The summed E-state index contributed by atoms with van der Waals surface area (Å²) < 4.78 is 10.5. The monoisotopic (exact) mass is 214 g/mol. The van der Waals surface area contributed by atoms with E-state index in [9.17, 15) is 5.11 Å². The zero-order valence-electron chi connectivity index (χ0n) is 7.79. The van der Waals surface area contributed by atoms with Crippen LogP contribution in [-0.2, 0) is 6.42 Å². The quantitative estimate of drug-likeness (QED) is 0.819. The van der Waals surface area contributed by atoms with Gasteiger partial charge in [-0.2, -0.15) is 0 Å². The fourth-order valence-corrected chi connectivity index (χ4v) is 1.75. The lowest BCUT2D eigenvalue weighted by atomic mass is 10.1. The van der Waals surface area contributed by atoms with Crippen molar-refractivity contribution in [2.45, 2.75) is 19.4 Å². The first-order valence-corrected chi connectivity index (χ1v) is 4.80. The van der Waals surface area contributed by atoms with Crippen molar-refractivity contribution >= 4 is 11.6 Å². The minimum absolute atomic E-state index is 0.225. The van der Waals surface area contributed by atoms with Crippen LogP contribution >= 0.6 is 11.6 Å². The summed E-state index contributed by atoms with van der Waals surface area (Å²) >= 11 is 5.89. The molecule has 0 spiro atoms. The predicted molar refractivity (Wildman–Crippen MR) is 53.0 cm³/mol. The predicted octanol–water partition coefficient (Wildman–Crippen LogP) is 1.99. The summed E-state index contributed by atoms with van der Waals surface area (Å²) in [4.78, 5) is 0. The van der Waals surface area contributed by atoms with E-state index in [1.54, 1.807) is 19.1 Å². The minimum atomic E-state index is -0.415. The zero-order valence-corrected chi connectivity index (χ0v) is 8.54. The van der Waals surface area contributed by atoms with Gasteiger partial charge in [0.05, 0.1) is 6.10 Å². The Morgan fingerprint density at radius 3 is 3.00 bits per heavy atom. The van der Waals surface area contributed by atoms with Crippen molar-refractivity contribution in [2.75, 3.05) is 6.79 Å². The molecule has 0 fully saturated rings. The number of aliphatic hydroxyl groups is 1. The average Bonchev–Trinajstić information content (AvgIpc) is 2.50. The van der Waals surface area contributed by atoms with Gasteiger partial charge < -0.3 is 14.6 Å². The first-order chi connectivity index (χ1) is 6.66. The molecule has 1 heterocycles.